The normalized spacial score (nSPS) is 16.6. The number of hydrazine groups is 1. The van der Waals surface area contributed by atoms with E-state index in [-0.39, 0.29) is 5.91 Å². The van der Waals surface area contributed by atoms with Crippen molar-refractivity contribution in [2.45, 2.75) is 19.8 Å². The molecule has 0 atom stereocenters. The van der Waals surface area contributed by atoms with Gasteiger partial charge in [0.05, 0.1) is 0 Å². The minimum absolute atomic E-state index is 0.000556. The summed E-state index contributed by atoms with van der Waals surface area (Å²) in [4.78, 5) is 11.8. The number of benzene rings is 1. The molecule has 0 saturated carbocycles. The van der Waals surface area contributed by atoms with E-state index in [1.54, 1.807) is 0 Å². The summed E-state index contributed by atoms with van der Waals surface area (Å²) < 4.78 is 0. The van der Waals surface area contributed by atoms with Crippen LogP contribution in [0.5, 0.6) is 0 Å². The fourth-order valence-electron chi connectivity index (χ4n) is 1.82. The van der Waals surface area contributed by atoms with Gasteiger partial charge >= 0.3 is 0 Å². The number of amides is 1. The molecule has 1 N–H and O–H groups in total. The van der Waals surface area contributed by atoms with E-state index in [9.17, 15) is 4.79 Å². The first-order chi connectivity index (χ1) is 7.25. The second-order valence-corrected chi connectivity index (χ2v) is 4.00. The molecule has 1 aliphatic heterocycles. The van der Waals surface area contributed by atoms with Crippen LogP contribution in [-0.4, -0.2) is 24.0 Å². The summed E-state index contributed by atoms with van der Waals surface area (Å²) >= 11 is 0. The molecule has 1 heterocycles. The van der Waals surface area contributed by atoms with Crippen molar-refractivity contribution in [2.75, 3.05) is 13.1 Å². The van der Waals surface area contributed by atoms with Crippen molar-refractivity contribution < 1.29 is 4.79 Å². The van der Waals surface area contributed by atoms with Crippen LogP contribution in [0.4, 0.5) is 0 Å². The third-order valence-corrected chi connectivity index (χ3v) is 2.65. The first kappa shape index (κ1) is 10.2. The minimum atomic E-state index is 0.000556. The van der Waals surface area contributed by atoms with E-state index in [0.717, 1.165) is 24.2 Å². The molecular weight excluding hydrogens is 188 g/mol. The molecule has 0 aromatic heterocycles. The fourth-order valence-corrected chi connectivity index (χ4v) is 1.82. The van der Waals surface area contributed by atoms with Gasteiger partial charge in [-0.25, -0.2) is 5.01 Å². The highest BCUT2D eigenvalue weighted by molar-refractivity contribution is 5.93. The zero-order valence-electron chi connectivity index (χ0n) is 8.99. The lowest BCUT2D eigenvalue weighted by molar-refractivity contribution is 0.0826. The van der Waals surface area contributed by atoms with Gasteiger partial charge in [-0.05, 0) is 31.9 Å². The first-order valence-electron chi connectivity index (χ1n) is 5.38. The molecule has 0 spiro atoms. The van der Waals surface area contributed by atoms with Crippen molar-refractivity contribution in [2.24, 2.45) is 0 Å². The third-order valence-electron chi connectivity index (χ3n) is 2.65. The Morgan fingerprint density at radius 3 is 2.73 bits per heavy atom. The van der Waals surface area contributed by atoms with E-state index in [4.69, 9.17) is 0 Å². The van der Waals surface area contributed by atoms with E-state index in [0.29, 0.717) is 0 Å². The van der Waals surface area contributed by atoms with Gasteiger partial charge in [0, 0.05) is 18.7 Å². The quantitative estimate of drug-likeness (QED) is 0.795. The average molecular weight is 204 g/mol. The Morgan fingerprint density at radius 1 is 1.33 bits per heavy atom. The zero-order chi connectivity index (χ0) is 10.7. The molecule has 3 heteroatoms. The fraction of sp³-hybridized carbons (Fsp3) is 0.417. The highest BCUT2D eigenvalue weighted by Crippen LogP contribution is 2.07. The van der Waals surface area contributed by atoms with Gasteiger partial charge in [-0.3, -0.25) is 10.2 Å². The van der Waals surface area contributed by atoms with Crippen molar-refractivity contribution in [1.82, 2.24) is 10.4 Å². The molecule has 0 bridgehead atoms. The van der Waals surface area contributed by atoms with Crippen LogP contribution >= 0.6 is 0 Å². The summed E-state index contributed by atoms with van der Waals surface area (Å²) in [6, 6.07) is 7.66. The molecule has 0 aliphatic carbocycles. The number of nitrogens with one attached hydrogen (secondary N) is 1. The van der Waals surface area contributed by atoms with Crippen LogP contribution in [0.15, 0.2) is 24.3 Å². The summed E-state index contributed by atoms with van der Waals surface area (Å²) in [5.74, 6) is 0.000556. The SMILES string of the molecule is Cc1cccc(C(=O)NN2CCCC2)c1. The summed E-state index contributed by atoms with van der Waals surface area (Å²) in [6.45, 7) is 3.93. The van der Waals surface area contributed by atoms with Gasteiger partial charge in [0.25, 0.3) is 5.91 Å². The molecule has 3 nitrogen and oxygen atoms in total. The number of hydrogen-bond donors (Lipinski definition) is 1. The van der Waals surface area contributed by atoms with Crippen LogP contribution in [0.1, 0.15) is 28.8 Å². The Balaban J connectivity index is 2.01. The van der Waals surface area contributed by atoms with E-state index >= 15 is 0 Å². The highest BCUT2D eigenvalue weighted by Gasteiger charge is 2.14. The van der Waals surface area contributed by atoms with Gasteiger partial charge in [-0.2, -0.15) is 0 Å². The Morgan fingerprint density at radius 2 is 2.07 bits per heavy atom. The van der Waals surface area contributed by atoms with Crippen molar-refractivity contribution in [3.63, 3.8) is 0 Å². The first-order valence-corrected chi connectivity index (χ1v) is 5.38. The van der Waals surface area contributed by atoms with Crippen molar-refractivity contribution >= 4 is 5.91 Å². The van der Waals surface area contributed by atoms with Gasteiger partial charge in [0.1, 0.15) is 0 Å². The van der Waals surface area contributed by atoms with Crippen LogP contribution < -0.4 is 5.43 Å². The topological polar surface area (TPSA) is 32.3 Å². The maximum Gasteiger partial charge on any atom is 0.265 e. The third kappa shape index (κ3) is 2.57. The van der Waals surface area contributed by atoms with Gasteiger partial charge in [-0.1, -0.05) is 17.7 Å². The van der Waals surface area contributed by atoms with Gasteiger partial charge in [0.15, 0.2) is 0 Å². The maximum absolute atomic E-state index is 11.8. The summed E-state index contributed by atoms with van der Waals surface area (Å²) in [6.07, 6.45) is 2.35. The van der Waals surface area contributed by atoms with Crippen LogP contribution in [0.2, 0.25) is 0 Å². The molecule has 1 saturated heterocycles. The molecule has 2 rings (SSSR count). The Labute approximate surface area is 90.1 Å². The highest BCUT2D eigenvalue weighted by atomic mass is 16.2. The Hall–Kier alpha value is -1.35. The lowest BCUT2D eigenvalue weighted by Gasteiger charge is -2.16. The molecule has 1 aromatic rings. The van der Waals surface area contributed by atoms with Gasteiger partial charge in [0.2, 0.25) is 0 Å². The second-order valence-electron chi connectivity index (χ2n) is 4.00. The summed E-state index contributed by atoms with van der Waals surface area (Å²) in [5, 5.41) is 1.99. The molecule has 1 aliphatic rings. The molecule has 0 unspecified atom stereocenters. The smallest absolute Gasteiger partial charge is 0.265 e. The minimum Gasteiger partial charge on any atom is -0.285 e. The number of rotatable bonds is 2. The largest absolute Gasteiger partial charge is 0.285 e. The number of carbonyl (C=O) groups is 1. The lowest BCUT2D eigenvalue weighted by atomic mass is 10.1. The van der Waals surface area contributed by atoms with Crippen molar-refractivity contribution in [3.05, 3.63) is 35.4 Å². The van der Waals surface area contributed by atoms with E-state index in [1.165, 1.54) is 12.8 Å². The van der Waals surface area contributed by atoms with E-state index < -0.39 is 0 Å². The summed E-state index contributed by atoms with van der Waals surface area (Å²) in [5.41, 5.74) is 4.77. The predicted octanol–water partition coefficient (Wildman–Crippen LogP) is 1.74. The molecule has 80 valence electrons. The van der Waals surface area contributed by atoms with Crippen LogP contribution in [0, 0.1) is 6.92 Å². The Kier molecular flexibility index (Phi) is 3.02. The molecule has 1 aromatic carbocycles. The molecule has 15 heavy (non-hydrogen) atoms. The van der Waals surface area contributed by atoms with Gasteiger partial charge in [-0.15, -0.1) is 0 Å². The van der Waals surface area contributed by atoms with E-state index in [2.05, 4.69) is 5.43 Å². The number of aryl methyl sites for hydroxylation is 1. The Bertz CT molecular complexity index is 356. The van der Waals surface area contributed by atoms with Crippen molar-refractivity contribution in [1.29, 1.82) is 0 Å². The standard InChI is InChI=1S/C12H16N2O/c1-10-5-4-6-11(9-10)12(15)13-14-7-2-3-8-14/h4-6,9H,2-3,7-8H2,1H3,(H,13,15). The molecule has 0 radical (unpaired) electrons. The molecular formula is C12H16N2O. The number of nitrogens with zero attached hydrogens (tertiary/aromatic N) is 1. The second kappa shape index (κ2) is 4.45. The van der Waals surface area contributed by atoms with Crippen LogP contribution in [0.25, 0.3) is 0 Å². The van der Waals surface area contributed by atoms with Crippen LogP contribution in [-0.2, 0) is 0 Å². The van der Waals surface area contributed by atoms with Crippen molar-refractivity contribution in [3.8, 4) is 0 Å². The summed E-state index contributed by atoms with van der Waals surface area (Å²) in [7, 11) is 0. The number of carbonyl (C=O) groups excluding carboxylic acids is 1. The zero-order valence-corrected chi connectivity index (χ0v) is 8.99. The monoisotopic (exact) mass is 204 g/mol. The maximum atomic E-state index is 11.8. The lowest BCUT2D eigenvalue weighted by Crippen LogP contribution is -2.39. The van der Waals surface area contributed by atoms with Crippen LogP contribution in [0.3, 0.4) is 0 Å². The molecule has 1 amide bonds. The molecule has 1 fully saturated rings. The van der Waals surface area contributed by atoms with Gasteiger partial charge < -0.3 is 0 Å². The predicted molar refractivity (Wildman–Crippen MR) is 59.5 cm³/mol. The average Bonchev–Trinajstić information content (AvgIpc) is 2.70. The van der Waals surface area contributed by atoms with E-state index in [1.807, 2.05) is 36.2 Å². The number of hydrogen-bond acceptors (Lipinski definition) is 2.